The maximum Gasteiger partial charge on any atom is 0.241 e. The normalized spacial score (nSPS) is 16.6. The van der Waals surface area contributed by atoms with E-state index in [-0.39, 0.29) is 11.9 Å². The molecule has 0 aromatic carbocycles. The van der Waals surface area contributed by atoms with Crippen LogP contribution in [0.2, 0.25) is 0 Å². The summed E-state index contributed by atoms with van der Waals surface area (Å²) >= 11 is 2.26. The van der Waals surface area contributed by atoms with Gasteiger partial charge in [0, 0.05) is 23.7 Å². The molecule has 0 unspecified atom stereocenters. The Kier molecular flexibility index (Phi) is 5.41. The Bertz CT molecular complexity index is 477. The Hall–Kier alpha value is -1.09. The van der Waals surface area contributed by atoms with Gasteiger partial charge < -0.3 is 20.3 Å². The SMILES string of the molecule is CNC(=O)[C@@H](C)Nc1cc(I)cc(N2CCOCC2)n1. The molecule has 2 heterocycles. The maximum atomic E-state index is 11.6. The number of nitrogens with zero attached hydrogens (tertiary/aromatic N) is 2. The zero-order chi connectivity index (χ0) is 14.5. The minimum Gasteiger partial charge on any atom is -0.378 e. The Morgan fingerprint density at radius 3 is 2.80 bits per heavy atom. The van der Waals surface area contributed by atoms with Crippen LogP contribution >= 0.6 is 22.6 Å². The Labute approximate surface area is 132 Å². The number of rotatable bonds is 4. The van der Waals surface area contributed by atoms with Crippen LogP contribution < -0.4 is 15.5 Å². The number of aromatic nitrogens is 1. The molecule has 0 spiro atoms. The topological polar surface area (TPSA) is 66.5 Å². The predicted octanol–water partition coefficient (Wildman–Crippen LogP) is 1.07. The van der Waals surface area contributed by atoms with Crippen LogP contribution in [0.1, 0.15) is 6.92 Å². The fraction of sp³-hybridized carbons (Fsp3) is 0.538. The molecule has 6 nitrogen and oxygen atoms in total. The molecular weight excluding hydrogens is 371 g/mol. The average molecular weight is 390 g/mol. The molecule has 1 aromatic heterocycles. The van der Waals surface area contributed by atoms with Crippen LogP contribution in [-0.4, -0.2) is 50.3 Å². The van der Waals surface area contributed by atoms with Crippen LogP contribution in [-0.2, 0) is 9.53 Å². The first-order chi connectivity index (χ1) is 9.60. The highest BCUT2D eigenvalue weighted by Gasteiger charge is 2.16. The quantitative estimate of drug-likeness (QED) is 0.754. The summed E-state index contributed by atoms with van der Waals surface area (Å²) in [7, 11) is 1.63. The molecule has 1 saturated heterocycles. The highest BCUT2D eigenvalue weighted by molar-refractivity contribution is 14.1. The number of nitrogens with one attached hydrogen (secondary N) is 2. The standard InChI is InChI=1S/C13H19IN4O2/c1-9(13(19)15-2)16-11-7-10(14)8-12(17-11)18-3-5-20-6-4-18/h7-9H,3-6H2,1-2H3,(H,15,19)(H,16,17)/t9-/m1/s1. The number of hydrogen-bond acceptors (Lipinski definition) is 5. The van der Waals surface area contributed by atoms with Crippen LogP contribution in [0.4, 0.5) is 11.6 Å². The molecule has 0 bridgehead atoms. The van der Waals surface area contributed by atoms with E-state index in [0.29, 0.717) is 0 Å². The van der Waals surface area contributed by atoms with Gasteiger partial charge >= 0.3 is 0 Å². The number of carbonyl (C=O) groups excluding carboxylic acids is 1. The third-order valence-electron chi connectivity index (χ3n) is 3.12. The second-order valence-corrected chi connectivity index (χ2v) is 5.85. The summed E-state index contributed by atoms with van der Waals surface area (Å²) in [4.78, 5) is 18.3. The third-order valence-corrected chi connectivity index (χ3v) is 3.74. The minimum atomic E-state index is -0.316. The monoisotopic (exact) mass is 390 g/mol. The number of ether oxygens (including phenoxy) is 1. The van der Waals surface area contributed by atoms with Gasteiger partial charge in [-0.3, -0.25) is 4.79 Å². The Morgan fingerprint density at radius 2 is 2.15 bits per heavy atom. The van der Waals surface area contributed by atoms with Crippen LogP contribution in [0.15, 0.2) is 12.1 Å². The zero-order valence-corrected chi connectivity index (χ0v) is 13.8. The molecule has 20 heavy (non-hydrogen) atoms. The molecule has 1 aliphatic rings. The molecule has 0 radical (unpaired) electrons. The van der Waals surface area contributed by atoms with Gasteiger partial charge in [0.05, 0.1) is 13.2 Å². The van der Waals surface area contributed by atoms with E-state index in [1.807, 2.05) is 19.1 Å². The van der Waals surface area contributed by atoms with Gasteiger partial charge in [0.15, 0.2) is 0 Å². The molecule has 0 aliphatic carbocycles. The fourth-order valence-electron chi connectivity index (χ4n) is 2.02. The van der Waals surface area contributed by atoms with E-state index in [1.165, 1.54) is 0 Å². The molecule has 2 rings (SSSR count). The largest absolute Gasteiger partial charge is 0.378 e. The van der Waals surface area contributed by atoms with E-state index in [4.69, 9.17) is 4.74 Å². The maximum absolute atomic E-state index is 11.6. The molecule has 2 N–H and O–H groups in total. The average Bonchev–Trinajstić information content (AvgIpc) is 2.46. The molecule has 1 aromatic rings. The number of carbonyl (C=O) groups is 1. The zero-order valence-electron chi connectivity index (χ0n) is 11.6. The number of halogens is 1. The van der Waals surface area contributed by atoms with Crippen molar-refractivity contribution in [3.05, 3.63) is 15.7 Å². The molecule has 1 aliphatic heterocycles. The summed E-state index contributed by atoms with van der Waals surface area (Å²) in [6.45, 7) is 4.96. The lowest BCUT2D eigenvalue weighted by atomic mass is 10.3. The number of morpholine rings is 1. The van der Waals surface area contributed by atoms with E-state index in [0.717, 1.165) is 41.5 Å². The summed E-state index contributed by atoms with van der Waals surface area (Å²) in [5, 5.41) is 5.75. The van der Waals surface area contributed by atoms with E-state index < -0.39 is 0 Å². The fourth-order valence-corrected chi connectivity index (χ4v) is 2.59. The number of hydrogen-bond donors (Lipinski definition) is 2. The van der Waals surface area contributed by atoms with Crippen molar-refractivity contribution in [3.8, 4) is 0 Å². The predicted molar refractivity (Wildman–Crippen MR) is 87.1 cm³/mol. The highest BCUT2D eigenvalue weighted by atomic mass is 127. The molecule has 1 fully saturated rings. The van der Waals surface area contributed by atoms with Crippen molar-refractivity contribution < 1.29 is 9.53 Å². The second kappa shape index (κ2) is 7.07. The van der Waals surface area contributed by atoms with Crippen LogP contribution in [0.3, 0.4) is 0 Å². The number of amides is 1. The lowest BCUT2D eigenvalue weighted by Gasteiger charge is -2.28. The van der Waals surface area contributed by atoms with Gasteiger partial charge in [-0.15, -0.1) is 0 Å². The smallest absolute Gasteiger partial charge is 0.241 e. The molecule has 0 saturated carbocycles. The van der Waals surface area contributed by atoms with Crippen molar-refractivity contribution in [1.29, 1.82) is 0 Å². The number of likely N-dealkylation sites (N-methyl/N-ethyl adjacent to an activating group) is 1. The van der Waals surface area contributed by atoms with Crippen molar-refractivity contribution >= 4 is 40.1 Å². The van der Waals surface area contributed by atoms with Crippen molar-refractivity contribution in [3.63, 3.8) is 0 Å². The van der Waals surface area contributed by atoms with Gasteiger partial charge in [0.25, 0.3) is 0 Å². The van der Waals surface area contributed by atoms with Gasteiger partial charge in [-0.05, 0) is 41.6 Å². The van der Waals surface area contributed by atoms with Gasteiger partial charge in [0.2, 0.25) is 5.91 Å². The van der Waals surface area contributed by atoms with Crippen molar-refractivity contribution in [2.75, 3.05) is 43.6 Å². The number of anilines is 2. The summed E-state index contributed by atoms with van der Waals surface area (Å²) in [5.74, 6) is 1.58. The van der Waals surface area contributed by atoms with Gasteiger partial charge in [-0.2, -0.15) is 0 Å². The third kappa shape index (κ3) is 3.95. The van der Waals surface area contributed by atoms with E-state index in [9.17, 15) is 4.79 Å². The first-order valence-electron chi connectivity index (χ1n) is 6.58. The Balaban J connectivity index is 2.13. The van der Waals surface area contributed by atoms with Crippen LogP contribution in [0, 0.1) is 3.57 Å². The first-order valence-corrected chi connectivity index (χ1v) is 7.66. The summed E-state index contributed by atoms with van der Waals surface area (Å²) in [5.41, 5.74) is 0. The molecule has 1 amide bonds. The lowest BCUT2D eigenvalue weighted by molar-refractivity contribution is -0.121. The summed E-state index contributed by atoms with van der Waals surface area (Å²) in [6, 6.07) is 3.66. The first kappa shape index (κ1) is 15.3. The van der Waals surface area contributed by atoms with Crippen molar-refractivity contribution in [1.82, 2.24) is 10.3 Å². The van der Waals surface area contributed by atoms with Crippen molar-refractivity contribution in [2.24, 2.45) is 0 Å². The molecule has 7 heteroatoms. The molecule has 110 valence electrons. The van der Waals surface area contributed by atoms with Gasteiger partial charge in [-0.25, -0.2) is 4.98 Å². The van der Waals surface area contributed by atoms with Gasteiger partial charge in [0.1, 0.15) is 17.7 Å². The van der Waals surface area contributed by atoms with E-state index >= 15 is 0 Å². The minimum absolute atomic E-state index is 0.0569. The second-order valence-electron chi connectivity index (χ2n) is 4.61. The van der Waals surface area contributed by atoms with Gasteiger partial charge in [-0.1, -0.05) is 0 Å². The van der Waals surface area contributed by atoms with Crippen molar-refractivity contribution in [2.45, 2.75) is 13.0 Å². The summed E-state index contributed by atoms with van der Waals surface area (Å²) in [6.07, 6.45) is 0. The van der Waals surface area contributed by atoms with E-state index in [1.54, 1.807) is 7.05 Å². The van der Waals surface area contributed by atoms with E-state index in [2.05, 4.69) is 43.1 Å². The number of pyridine rings is 1. The molecular formula is C13H19IN4O2. The Morgan fingerprint density at radius 1 is 1.45 bits per heavy atom. The molecule has 1 atom stereocenters. The summed E-state index contributed by atoms with van der Waals surface area (Å²) < 4.78 is 6.44. The van der Waals surface area contributed by atoms with Crippen LogP contribution in [0.5, 0.6) is 0 Å². The van der Waals surface area contributed by atoms with Crippen LogP contribution in [0.25, 0.3) is 0 Å². The highest BCUT2D eigenvalue weighted by Crippen LogP contribution is 2.20. The lowest BCUT2D eigenvalue weighted by Crippen LogP contribution is -2.37.